The van der Waals surface area contributed by atoms with Gasteiger partial charge in [0.1, 0.15) is 10.7 Å². The third kappa shape index (κ3) is 3.48. The molecule has 6 heteroatoms. The molecule has 0 spiro atoms. The van der Waals surface area contributed by atoms with Crippen molar-refractivity contribution in [1.29, 1.82) is 0 Å². The molecule has 0 aliphatic heterocycles. The van der Waals surface area contributed by atoms with E-state index in [4.69, 9.17) is 0 Å². The van der Waals surface area contributed by atoms with Gasteiger partial charge in [0.2, 0.25) is 0 Å². The van der Waals surface area contributed by atoms with Crippen LogP contribution >= 0.6 is 11.3 Å². The molecule has 5 nitrogen and oxygen atoms in total. The van der Waals surface area contributed by atoms with Gasteiger partial charge < -0.3 is 5.32 Å². The van der Waals surface area contributed by atoms with Gasteiger partial charge in [-0.1, -0.05) is 37.3 Å². The molecule has 0 aliphatic carbocycles. The molecule has 0 aliphatic rings. The molecular weight excluding hydrogens is 308 g/mol. The Kier molecular flexibility index (Phi) is 4.52. The lowest BCUT2D eigenvalue weighted by atomic mass is 10.2. The number of hydrogen-bond acceptors (Lipinski definition) is 4. The number of carbonyl (C=O) groups is 1. The molecule has 2 aromatic heterocycles. The predicted molar refractivity (Wildman–Crippen MR) is 91.4 cm³/mol. The van der Waals surface area contributed by atoms with Crippen molar-refractivity contribution in [1.82, 2.24) is 20.5 Å². The van der Waals surface area contributed by atoms with E-state index in [0.717, 1.165) is 33.3 Å². The molecular formula is C17H18N4OS. The third-order valence-electron chi connectivity index (χ3n) is 3.57. The molecule has 23 heavy (non-hydrogen) atoms. The summed E-state index contributed by atoms with van der Waals surface area (Å²) in [7, 11) is 0. The molecule has 0 radical (unpaired) electrons. The number of hydrogen-bond donors (Lipinski definition) is 2. The van der Waals surface area contributed by atoms with E-state index in [1.807, 2.05) is 44.2 Å². The van der Waals surface area contributed by atoms with Gasteiger partial charge in [-0.25, -0.2) is 4.98 Å². The maximum atomic E-state index is 12.1. The highest BCUT2D eigenvalue weighted by molar-refractivity contribution is 7.15. The SMILES string of the molecule is CCc1cc(C(=O)NCc2sc(-c3ccccc3)nc2C)n[nH]1. The number of thiazole rings is 1. The largest absolute Gasteiger partial charge is 0.346 e. The number of amides is 1. The molecule has 1 amide bonds. The van der Waals surface area contributed by atoms with Crippen LogP contribution in [-0.4, -0.2) is 21.1 Å². The topological polar surface area (TPSA) is 70.7 Å². The van der Waals surface area contributed by atoms with Crippen molar-refractivity contribution in [3.63, 3.8) is 0 Å². The number of H-pyrrole nitrogens is 1. The molecule has 2 heterocycles. The first-order valence-corrected chi connectivity index (χ1v) is 8.33. The maximum absolute atomic E-state index is 12.1. The lowest BCUT2D eigenvalue weighted by Gasteiger charge is -2.01. The molecule has 3 rings (SSSR count). The van der Waals surface area contributed by atoms with Gasteiger partial charge in [0.25, 0.3) is 5.91 Å². The first kappa shape index (κ1) is 15.4. The molecule has 1 aromatic carbocycles. The number of carbonyl (C=O) groups excluding carboxylic acids is 1. The standard InChI is InChI=1S/C17H18N4OS/c1-3-13-9-14(21-20-13)16(22)18-10-15-11(2)19-17(23-15)12-7-5-4-6-8-12/h4-9H,3,10H2,1-2H3,(H,18,22)(H,20,21). The molecule has 0 atom stereocenters. The van der Waals surface area contributed by atoms with Gasteiger partial charge in [-0.05, 0) is 19.4 Å². The van der Waals surface area contributed by atoms with Crippen LogP contribution in [0.15, 0.2) is 36.4 Å². The zero-order chi connectivity index (χ0) is 16.2. The molecule has 118 valence electrons. The second-order valence-corrected chi connectivity index (χ2v) is 6.29. The number of benzene rings is 1. The lowest BCUT2D eigenvalue weighted by molar-refractivity contribution is 0.0946. The van der Waals surface area contributed by atoms with Gasteiger partial charge in [-0.3, -0.25) is 9.89 Å². The van der Waals surface area contributed by atoms with E-state index >= 15 is 0 Å². The van der Waals surface area contributed by atoms with Crippen molar-refractivity contribution in [3.05, 3.63) is 58.4 Å². The smallest absolute Gasteiger partial charge is 0.272 e. The Labute approximate surface area is 138 Å². The summed E-state index contributed by atoms with van der Waals surface area (Å²) in [4.78, 5) is 17.8. The lowest BCUT2D eigenvalue weighted by Crippen LogP contribution is -2.23. The fraction of sp³-hybridized carbons (Fsp3) is 0.235. The van der Waals surface area contributed by atoms with Crippen LogP contribution in [0.3, 0.4) is 0 Å². The van der Waals surface area contributed by atoms with Crippen LogP contribution in [0.4, 0.5) is 0 Å². The highest BCUT2D eigenvalue weighted by Gasteiger charge is 2.13. The summed E-state index contributed by atoms with van der Waals surface area (Å²) in [5.41, 5.74) is 3.42. The Bertz CT molecular complexity index is 807. The van der Waals surface area contributed by atoms with Gasteiger partial charge >= 0.3 is 0 Å². The van der Waals surface area contributed by atoms with Gasteiger partial charge in [0, 0.05) is 16.1 Å². The van der Waals surface area contributed by atoms with Crippen molar-refractivity contribution >= 4 is 17.2 Å². The van der Waals surface area contributed by atoms with Crippen molar-refractivity contribution in [2.75, 3.05) is 0 Å². The average Bonchev–Trinajstić information content (AvgIpc) is 3.20. The number of rotatable bonds is 5. The van der Waals surface area contributed by atoms with Crippen LogP contribution in [0.1, 0.15) is 33.7 Å². The molecule has 2 N–H and O–H groups in total. The molecule has 0 saturated carbocycles. The molecule has 3 aromatic rings. The predicted octanol–water partition coefficient (Wildman–Crippen LogP) is 3.33. The fourth-order valence-electron chi connectivity index (χ4n) is 2.21. The Morgan fingerprint density at radius 2 is 2.09 bits per heavy atom. The maximum Gasteiger partial charge on any atom is 0.272 e. The van der Waals surface area contributed by atoms with E-state index < -0.39 is 0 Å². The van der Waals surface area contributed by atoms with E-state index in [-0.39, 0.29) is 5.91 Å². The Morgan fingerprint density at radius 3 is 2.78 bits per heavy atom. The van der Waals surface area contributed by atoms with Crippen LogP contribution < -0.4 is 5.32 Å². The monoisotopic (exact) mass is 326 g/mol. The summed E-state index contributed by atoms with van der Waals surface area (Å²) in [5, 5.41) is 10.8. The van der Waals surface area contributed by atoms with Crippen LogP contribution in [0.2, 0.25) is 0 Å². The van der Waals surface area contributed by atoms with Crippen LogP contribution in [0.25, 0.3) is 10.6 Å². The van der Waals surface area contributed by atoms with Crippen LogP contribution in [0.5, 0.6) is 0 Å². The van der Waals surface area contributed by atoms with Gasteiger partial charge in [0.15, 0.2) is 0 Å². The van der Waals surface area contributed by atoms with Crippen LogP contribution in [-0.2, 0) is 13.0 Å². The zero-order valence-corrected chi connectivity index (χ0v) is 13.9. The van der Waals surface area contributed by atoms with Gasteiger partial charge in [-0.2, -0.15) is 5.10 Å². The first-order chi connectivity index (χ1) is 11.2. The number of aryl methyl sites for hydroxylation is 2. The number of nitrogens with zero attached hydrogens (tertiary/aromatic N) is 2. The minimum atomic E-state index is -0.171. The number of nitrogens with one attached hydrogen (secondary N) is 2. The second-order valence-electron chi connectivity index (χ2n) is 5.21. The highest BCUT2D eigenvalue weighted by Crippen LogP contribution is 2.27. The number of aromatic nitrogens is 3. The fourth-order valence-corrected chi connectivity index (χ4v) is 3.21. The summed E-state index contributed by atoms with van der Waals surface area (Å²) in [6.45, 7) is 4.44. The summed E-state index contributed by atoms with van der Waals surface area (Å²) in [6.07, 6.45) is 0.828. The number of aromatic amines is 1. The third-order valence-corrected chi connectivity index (χ3v) is 4.77. The normalized spacial score (nSPS) is 10.7. The highest BCUT2D eigenvalue weighted by atomic mass is 32.1. The first-order valence-electron chi connectivity index (χ1n) is 7.51. The Balaban J connectivity index is 1.69. The second kappa shape index (κ2) is 6.75. The molecule has 0 saturated heterocycles. The molecule has 0 bridgehead atoms. The van der Waals surface area contributed by atoms with Crippen molar-refractivity contribution in [2.24, 2.45) is 0 Å². The zero-order valence-electron chi connectivity index (χ0n) is 13.1. The minimum Gasteiger partial charge on any atom is -0.346 e. The quantitative estimate of drug-likeness (QED) is 0.755. The van der Waals surface area contributed by atoms with Gasteiger partial charge in [0.05, 0.1) is 12.2 Å². The summed E-state index contributed by atoms with van der Waals surface area (Å²) in [5.74, 6) is -0.171. The Hall–Kier alpha value is -2.47. The van der Waals surface area contributed by atoms with Crippen LogP contribution in [0, 0.1) is 6.92 Å². The van der Waals surface area contributed by atoms with Crippen molar-refractivity contribution in [2.45, 2.75) is 26.8 Å². The summed E-state index contributed by atoms with van der Waals surface area (Å²) in [6, 6.07) is 11.8. The molecule has 0 fully saturated rings. The van der Waals surface area contributed by atoms with E-state index in [9.17, 15) is 4.79 Å². The van der Waals surface area contributed by atoms with Crippen molar-refractivity contribution < 1.29 is 4.79 Å². The average molecular weight is 326 g/mol. The summed E-state index contributed by atoms with van der Waals surface area (Å²) < 4.78 is 0. The van der Waals surface area contributed by atoms with Crippen molar-refractivity contribution in [3.8, 4) is 10.6 Å². The minimum absolute atomic E-state index is 0.171. The van der Waals surface area contributed by atoms with E-state index in [0.29, 0.717) is 12.2 Å². The molecule has 0 unspecified atom stereocenters. The van der Waals surface area contributed by atoms with E-state index in [2.05, 4.69) is 20.5 Å². The van der Waals surface area contributed by atoms with E-state index in [1.54, 1.807) is 17.4 Å². The van der Waals surface area contributed by atoms with Gasteiger partial charge in [-0.15, -0.1) is 11.3 Å². The van der Waals surface area contributed by atoms with E-state index in [1.165, 1.54) is 0 Å². The Morgan fingerprint density at radius 1 is 1.30 bits per heavy atom. The summed E-state index contributed by atoms with van der Waals surface area (Å²) >= 11 is 1.61.